The van der Waals surface area contributed by atoms with E-state index in [1.54, 1.807) is 0 Å². The Morgan fingerprint density at radius 2 is 1.80 bits per heavy atom. The zero-order valence-corrected chi connectivity index (χ0v) is 16.9. The highest BCUT2D eigenvalue weighted by atomic mass is 127. The Balaban J connectivity index is 0.00000312. The molecule has 0 fully saturated rings. The molecule has 136 valence electrons. The standard InChI is InChI=1S/C17H20FN3O2S.HI/c1-2-13-7-9-14(10-8-13)21-17(19)20-11-12-24(22,23)16-6-4-3-5-15(16)18;/h3-10H,2,11-12H2,1H3,(H3,19,20,21);1H. The maximum atomic E-state index is 13.6. The molecule has 0 spiro atoms. The van der Waals surface area contributed by atoms with Crippen molar-refractivity contribution in [3.05, 3.63) is 59.9 Å². The highest BCUT2D eigenvalue weighted by Crippen LogP contribution is 2.15. The van der Waals surface area contributed by atoms with Crippen molar-refractivity contribution in [3.63, 3.8) is 0 Å². The number of hydrogen-bond donors (Lipinski definition) is 2. The Bertz CT molecular complexity index is 824. The summed E-state index contributed by atoms with van der Waals surface area (Å²) in [4.78, 5) is 3.67. The summed E-state index contributed by atoms with van der Waals surface area (Å²) in [5, 5.41) is 2.89. The fourth-order valence-corrected chi connectivity index (χ4v) is 3.31. The topological polar surface area (TPSA) is 84.5 Å². The van der Waals surface area contributed by atoms with Crippen molar-refractivity contribution < 1.29 is 12.8 Å². The lowest BCUT2D eigenvalue weighted by molar-refractivity contribution is 0.567. The monoisotopic (exact) mass is 477 g/mol. The van der Waals surface area contributed by atoms with Crippen molar-refractivity contribution in [3.8, 4) is 0 Å². The van der Waals surface area contributed by atoms with Gasteiger partial charge in [-0.3, -0.25) is 4.99 Å². The number of halogens is 2. The predicted molar refractivity (Wildman–Crippen MR) is 110 cm³/mol. The summed E-state index contributed by atoms with van der Waals surface area (Å²) in [6, 6.07) is 13.0. The van der Waals surface area contributed by atoms with E-state index in [2.05, 4.69) is 17.2 Å². The molecule has 25 heavy (non-hydrogen) atoms. The second-order valence-electron chi connectivity index (χ2n) is 5.19. The van der Waals surface area contributed by atoms with Gasteiger partial charge >= 0.3 is 0 Å². The molecule has 0 amide bonds. The number of nitrogens with two attached hydrogens (primary N) is 1. The van der Waals surface area contributed by atoms with Gasteiger partial charge in [-0.15, -0.1) is 24.0 Å². The number of sulfone groups is 1. The lowest BCUT2D eigenvalue weighted by Crippen LogP contribution is -2.24. The van der Waals surface area contributed by atoms with Gasteiger partial charge in [-0.25, -0.2) is 12.8 Å². The Kier molecular flexibility index (Phi) is 8.30. The molecule has 2 rings (SSSR count). The highest BCUT2D eigenvalue weighted by molar-refractivity contribution is 14.0. The number of rotatable bonds is 6. The van der Waals surface area contributed by atoms with Crippen LogP contribution in [0.4, 0.5) is 10.1 Å². The molecule has 0 atom stereocenters. The molecule has 0 saturated heterocycles. The van der Waals surface area contributed by atoms with Gasteiger partial charge in [0.15, 0.2) is 15.8 Å². The molecule has 0 bridgehead atoms. The number of nitrogens with zero attached hydrogens (tertiary/aromatic N) is 1. The Hall–Kier alpha value is -1.68. The van der Waals surface area contributed by atoms with Crippen molar-refractivity contribution in [2.75, 3.05) is 17.6 Å². The van der Waals surface area contributed by atoms with Gasteiger partial charge in [0.1, 0.15) is 10.7 Å². The lowest BCUT2D eigenvalue weighted by atomic mass is 10.1. The number of aliphatic imine (C=N–C) groups is 1. The summed E-state index contributed by atoms with van der Waals surface area (Å²) in [6.45, 7) is 2.01. The second-order valence-corrected chi connectivity index (χ2v) is 7.27. The van der Waals surface area contributed by atoms with Crippen LogP contribution in [0.5, 0.6) is 0 Å². The third kappa shape index (κ3) is 6.28. The van der Waals surface area contributed by atoms with Crippen LogP contribution in [0.2, 0.25) is 0 Å². The van der Waals surface area contributed by atoms with Gasteiger partial charge in [0.25, 0.3) is 0 Å². The SMILES string of the molecule is CCc1ccc(NC(N)=NCCS(=O)(=O)c2ccccc2F)cc1.I. The van der Waals surface area contributed by atoms with Crippen LogP contribution >= 0.6 is 24.0 Å². The predicted octanol–water partition coefficient (Wildman–Crippen LogP) is 3.21. The summed E-state index contributed by atoms with van der Waals surface area (Å²) in [7, 11) is -3.73. The van der Waals surface area contributed by atoms with Crippen LogP contribution in [-0.4, -0.2) is 26.7 Å². The fraction of sp³-hybridized carbons (Fsp3) is 0.235. The van der Waals surface area contributed by atoms with Gasteiger partial charge in [-0.05, 0) is 36.2 Å². The van der Waals surface area contributed by atoms with E-state index < -0.39 is 15.7 Å². The Morgan fingerprint density at radius 3 is 2.40 bits per heavy atom. The molecular weight excluding hydrogens is 456 g/mol. The summed E-state index contributed by atoms with van der Waals surface area (Å²) in [5.41, 5.74) is 7.71. The molecular formula is C17H21FIN3O2S. The third-order valence-corrected chi connectivity index (χ3v) is 5.17. The number of anilines is 1. The fourth-order valence-electron chi connectivity index (χ4n) is 2.10. The molecule has 5 nitrogen and oxygen atoms in total. The van der Waals surface area contributed by atoms with E-state index in [0.717, 1.165) is 18.2 Å². The molecule has 0 aliphatic carbocycles. The van der Waals surface area contributed by atoms with Crippen LogP contribution in [0.1, 0.15) is 12.5 Å². The van der Waals surface area contributed by atoms with Crippen LogP contribution < -0.4 is 11.1 Å². The van der Waals surface area contributed by atoms with Crippen LogP contribution in [-0.2, 0) is 16.3 Å². The first-order valence-corrected chi connectivity index (χ1v) is 9.21. The van der Waals surface area contributed by atoms with Crippen molar-refractivity contribution in [2.45, 2.75) is 18.2 Å². The van der Waals surface area contributed by atoms with E-state index in [1.807, 2.05) is 24.3 Å². The number of guanidine groups is 1. The largest absolute Gasteiger partial charge is 0.370 e. The zero-order valence-electron chi connectivity index (χ0n) is 13.8. The van der Waals surface area contributed by atoms with Crippen LogP contribution in [0.15, 0.2) is 58.4 Å². The zero-order chi connectivity index (χ0) is 17.6. The van der Waals surface area contributed by atoms with E-state index in [9.17, 15) is 12.8 Å². The first-order chi connectivity index (χ1) is 11.4. The molecule has 8 heteroatoms. The van der Waals surface area contributed by atoms with Crippen molar-refractivity contribution in [1.82, 2.24) is 0 Å². The average Bonchev–Trinajstić information content (AvgIpc) is 2.55. The van der Waals surface area contributed by atoms with Crippen molar-refractivity contribution >= 4 is 45.5 Å². The minimum absolute atomic E-state index is 0. The first kappa shape index (κ1) is 21.4. The number of hydrogen-bond acceptors (Lipinski definition) is 3. The van der Waals surface area contributed by atoms with Crippen LogP contribution in [0, 0.1) is 5.82 Å². The molecule has 3 N–H and O–H groups in total. The van der Waals surface area contributed by atoms with Crippen LogP contribution in [0.3, 0.4) is 0 Å². The number of benzene rings is 2. The minimum Gasteiger partial charge on any atom is -0.370 e. The highest BCUT2D eigenvalue weighted by Gasteiger charge is 2.18. The van der Waals surface area contributed by atoms with E-state index in [0.29, 0.717) is 0 Å². The van der Waals surface area contributed by atoms with Gasteiger partial charge in [0.2, 0.25) is 0 Å². The van der Waals surface area contributed by atoms with Crippen molar-refractivity contribution in [1.29, 1.82) is 0 Å². The van der Waals surface area contributed by atoms with E-state index in [1.165, 1.54) is 23.8 Å². The van der Waals surface area contributed by atoms with Gasteiger partial charge in [-0.2, -0.15) is 0 Å². The van der Waals surface area contributed by atoms with Gasteiger partial charge in [0.05, 0.1) is 12.3 Å². The molecule has 0 saturated carbocycles. The van der Waals surface area contributed by atoms with Crippen molar-refractivity contribution in [2.24, 2.45) is 10.7 Å². The van der Waals surface area contributed by atoms with E-state index in [4.69, 9.17) is 5.73 Å². The first-order valence-electron chi connectivity index (χ1n) is 7.55. The molecule has 2 aromatic carbocycles. The average molecular weight is 477 g/mol. The van der Waals surface area contributed by atoms with Gasteiger partial charge < -0.3 is 11.1 Å². The molecule has 0 radical (unpaired) electrons. The molecule has 0 aliphatic rings. The lowest BCUT2D eigenvalue weighted by Gasteiger charge is -2.07. The molecule has 0 heterocycles. The molecule has 0 unspecified atom stereocenters. The third-order valence-electron chi connectivity index (χ3n) is 3.45. The molecule has 2 aromatic rings. The molecule has 0 aliphatic heterocycles. The van der Waals surface area contributed by atoms with Gasteiger partial charge in [-0.1, -0.05) is 31.2 Å². The van der Waals surface area contributed by atoms with Crippen LogP contribution in [0.25, 0.3) is 0 Å². The summed E-state index contributed by atoms with van der Waals surface area (Å²) in [5.74, 6) is -0.961. The summed E-state index contributed by atoms with van der Waals surface area (Å²) in [6.07, 6.45) is 0.942. The number of nitrogens with one attached hydrogen (secondary N) is 1. The number of aryl methyl sites for hydroxylation is 1. The Labute approximate surface area is 164 Å². The quantitative estimate of drug-likeness (QED) is 0.380. The summed E-state index contributed by atoms with van der Waals surface area (Å²) >= 11 is 0. The maximum absolute atomic E-state index is 13.6. The smallest absolute Gasteiger partial charge is 0.193 e. The van der Waals surface area contributed by atoms with E-state index in [-0.39, 0.29) is 47.1 Å². The normalized spacial score (nSPS) is 11.7. The Morgan fingerprint density at radius 1 is 1.16 bits per heavy atom. The van der Waals surface area contributed by atoms with Gasteiger partial charge in [0, 0.05) is 5.69 Å². The molecule has 0 aromatic heterocycles. The second kappa shape index (κ2) is 9.71. The van der Waals surface area contributed by atoms with E-state index >= 15 is 0 Å². The minimum atomic E-state index is -3.73. The summed E-state index contributed by atoms with van der Waals surface area (Å²) < 4.78 is 37.8. The maximum Gasteiger partial charge on any atom is 0.193 e.